The van der Waals surface area contributed by atoms with E-state index in [0.717, 1.165) is 0 Å². The molecule has 1 atom stereocenters. The molecule has 3 rings (SSSR count). The third-order valence-corrected chi connectivity index (χ3v) is 4.04. The van der Waals surface area contributed by atoms with Gasteiger partial charge in [-0.2, -0.15) is 4.98 Å². The van der Waals surface area contributed by atoms with Gasteiger partial charge in [-0.05, 0) is 25.7 Å². The van der Waals surface area contributed by atoms with E-state index in [1.807, 2.05) is 6.20 Å². The number of nitrogens with one attached hydrogen (secondary N) is 1. The maximum absolute atomic E-state index is 4.97. The zero-order valence-electron chi connectivity index (χ0n) is 10.5. The lowest BCUT2D eigenvalue weighted by atomic mass is 10.2. The second-order valence-electron chi connectivity index (χ2n) is 4.73. The zero-order valence-corrected chi connectivity index (χ0v) is 11.3. The minimum atomic E-state index is 0.336. The molecule has 5 nitrogen and oxygen atoms in total. The van der Waals surface area contributed by atoms with Crippen LogP contribution in [0.1, 0.15) is 40.5 Å². The van der Waals surface area contributed by atoms with Gasteiger partial charge in [0.15, 0.2) is 5.82 Å². The zero-order chi connectivity index (χ0) is 12.5. The first kappa shape index (κ1) is 11.8. The highest BCUT2D eigenvalue weighted by molar-refractivity contribution is 7.11. The molecule has 0 spiro atoms. The van der Waals surface area contributed by atoms with Crippen LogP contribution < -0.4 is 5.32 Å². The summed E-state index contributed by atoms with van der Waals surface area (Å²) >= 11 is 1.77. The minimum absolute atomic E-state index is 0.336. The fourth-order valence-corrected chi connectivity index (χ4v) is 2.96. The number of hydrogen-bond donors (Lipinski definition) is 1. The van der Waals surface area contributed by atoms with E-state index in [4.69, 9.17) is 4.52 Å². The predicted molar refractivity (Wildman–Crippen MR) is 68.2 cm³/mol. The first-order valence-corrected chi connectivity index (χ1v) is 6.99. The van der Waals surface area contributed by atoms with Gasteiger partial charge in [-0.3, -0.25) is 0 Å². The highest BCUT2D eigenvalue weighted by Gasteiger charge is 2.33. The second kappa shape index (κ2) is 4.78. The summed E-state index contributed by atoms with van der Waals surface area (Å²) in [4.78, 5) is 9.95. The summed E-state index contributed by atoms with van der Waals surface area (Å²) in [5, 5.41) is 8.58. The topological polar surface area (TPSA) is 63.8 Å². The van der Waals surface area contributed by atoms with Crippen LogP contribution in [0, 0.1) is 19.8 Å². The van der Waals surface area contributed by atoms with Crippen LogP contribution in [-0.2, 0) is 6.54 Å². The standard InChI is InChI=1S/C12H16N4OS/c1-7-5-14-12(18-7)11(9-3-4-9)13-6-10-15-8(2)17-16-10/h5,9,11,13H,3-4,6H2,1-2H3/t11-/m0/s1. The van der Waals surface area contributed by atoms with Crippen LogP contribution in [0.4, 0.5) is 0 Å². The minimum Gasteiger partial charge on any atom is -0.340 e. The first-order chi connectivity index (χ1) is 8.72. The van der Waals surface area contributed by atoms with Gasteiger partial charge in [0.1, 0.15) is 5.01 Å². The second-order valence-corrected chi connectivity index (χ2v) is 6.00. The molecule has 0 unspecified atom stereocenters. The molecule has 18 heavy (non-hydrogen) atoms. The number of aromatic nitrogens is 3. The van der Waals surface area contributed by atoms with Crippen LogP contribution in [0.25, 0.3) is 0 Å². The maximum atomic E-state index is 4.97. The lowest BCUT2D eigenvalue weighted by Crippen LogP contribution is -2.23. The van der Waals surface area contributed by atoms with E-state index >= 15 is 0 Å². The fourth-order valence-electron chi connectivity index (χ4n) is 2.02. The van der Waals surface area contributed by atoms with Gasteiger partial charge in [0.05, 0.1) is 12.6 Å². The van der Waals surface area contributed by atoms with Crippen molar-refractivity contribution >= 4 is 11.3 Å². The first-order valence-electron chi connectivity index (χ1n) is 6.17. The van der Waals surface area contributed by atoms with E-state index in [1.165, 1.54) is 22.7 Å². The molecule has 0 bridgehead atoms. The Kier molecular flexibility index (Phi) is 3.13. The molecule has 96 valence electrons. The third kappa shape index (κ3) is 2.59. The van der Waals surface area contributed by atoms with E-state index < -0.39 is 0 Å². The SMILES string of the molecule is Cc1nc(CN[C@H](c2ncc(C)s2)C2CC2)no1. The average molecular weight is 264 g/mol. The van der Waals surface area contributed by atoms with Crippen molar-refractivity contribution in [2.24, 2.45) is 5.92 Å². The number of hydrogen-bond acceptors (Lipinski definition) is 6. The number of rotatable bonds is 5. The molecule has 0 aliphatic heterocycles. The highest BCUT2D eigenvalue weighted by Crippen LogP contribution is 2.42. The molecule has 0 aromatic carbocycles. The molecule has 0 radical (unpaired) electrons. The summed E-state index contributed by atoms with van der Waals surface area (Å²) in [5.41, 5.74) is 0. The smallest absolute Gasteiger partial charge is 0.223 e. The fraction of sp³-hybridized carbons (Fsp3) is 0.583. The van der Waals surface area contributed by atoms with Gasteiger partial charge in [0.25, 0.3) is 0 Å². The van der Waals surface area contributed by atoms with Gasteiger partial charge in [0, 0.05) is 18.0 Å². The normalized spacial score (nSPS) is 17.0. The van der Waals surface area contributed by atoms with Gasteiger partial charge in [-0.15, -0.1) is 11.3 Å². The van der Waals surface area contributed by atoms with Crippen molar-refractivity contribution < 1.29 is 4.52 Å². The van der Waals surface area contributed by atoms with Crippen molar-refractivity contribution in [3.8, 4) is 0 Å². The average Bonchev–Trinajstić information content (AvgIpc) is 2.96. The molecular formula is C12H16N4OS. The Balaban J connectivity index is 1.67. The Bertz CT molecular complexity index is 532. The molecule has 1 aliphatic rings. The molecule has 6 heteroatoms. The molecule has 0 amide bonds. The Morgan fingerprint density at radius 2 is 2.33 bits per heavy atom. The van der Waals surface area contributed by atoms with E-state index in [2.05, 4.69) is 27.4 Å². The van der Waals surface area contributed by atoms with E-state index in [-0.39, 0.29) is 0 Å². The van der Waals surface area contributed by atoms with Gasteiger partial charge in [-0.1, -0.05) is 5.16 Å². The summed E-state index contributed by atoms with van der Waals surface area (Å²) in [6.45, 7) is 4.53. The summed E-state index contributed by atoms with van der Waals surface area (Å²) < 4.78 is 4.97. The Morgan fingerprint density at radius 1 is 1.50 bits per heavy atom. The van der Waals surface area contributed by atoms with E-state index in [0.29, 0.717) is 30.2 Å². The van der Waals surface area contributed by atoms with Crippen molar-refractivity contribution in [1.29, 1.82) is 0 Å². The van der Waals surface area contributed by atoms with Gasteiger partial charge in [0.2, 0.25) is 5.89 Å². The monoisotopic (exact) mass is 264 g/mol. The highest BCUT2D eigenvalue weighted by atomic mass is 32.1. The van der Waals surface area contributed by atoms with E-state index in [9.17, 15) is 0 Å². The molecule has 1 N–H and O–H groups in total. The lowest BCUT2D eigenvalue weighted by molar-refractivity contribution is 0.381. The van der Waals surface area contributed by atoms with Crippen molar-refractivity contribution in [3.63, 3.8) is 0 Å². The molecule has 2 heterocycles. The Morgan fingerprint density at radius 3 is 2.89 bits per heavy atom. The molecular weight excluding hydrogens is 248 g/mol. The molecule has 1 fully saturated rings. The maximum Gasteiger partial charge on any atom is 0.223 e. The summed E-state index contributed by atoms with van der Waals surface area (Å²) in [6, 6.07) is 0.336. The molecule has 1 saturated carbocycles. The van der Waals surface area contributed by atoms with Crippen molar-refractivity contribution in [1.82, 2.24) is 20.4 Å². The molecule has 2 aromatic rings. The van der Waals surface area contributed by atoms with Gasteiger partial charge >= 0.3 is 0 Å². The van der Waals surface area contributed by atoms with Crippen LogP contribution in [0.15, 0.2) is 10.7 Å². The summed E-state index contributed by atoms with van der Waals surface area (Å²) in [7, 11) is 0. The number of thiazole rings is 1. The van der Waals surface area contributed by atoms with Crippen LogP contribution in [0.5, 0.6) is 0 Å². The number of nitrogens with zero attached hydrogens (tertiary/aromatic N) is 3. The third-order valence-electron chi connectivity index (χ3n) is 3.05. The summed E-state index contributed by atoms with van der Waals surface area (Å²) in [6.07, 6.45) is 4.50. The molecule has 0 saturated heterocycles. The van der Waals surface area contributed by atoms with Crippen LogP contribution >= 0.6 is 11.3 Å². The molecule has 2 aromatic heterocycles. The van der Waals surface area contributed by atoms with Crippen LogP contribution in [0.3, 0.4) is 0 Å². The van der Waals surface area contributed by atoms with Crippen molar-refractivity contribution in [3.05, 3.63) is 27.8 Å². The number of aryl methyl sites for hydroxylation is 2. The predicted octanol–water partition coefficient (Wildman–Crippen LogP) is 2.38. The van der Waals surface area contributed by atoms with Crippen molar-refractivity contribution in [2.75, 3.05) is 0 Å². The van der Waals surface area contributed by atoms with Crippen molar-refractivity contribution in [2.45, 2.75) is 39.3 Å². The summed E-state index contributed by atoms with van der Waals surface area (Å²) in [5.74, 6) is 2.04. The Labute approximate surface area is 110 Å². The lowest BCUT2D eigenvalue weighted by Gasteiger charge is -2.14. The molecule has 1 aliphatic carbocycles. The van der Waals surface area contributed by atoms with Crippen LogP contribution in [-0.4, -0.2) is 15.1 Å². The van der Waals surface area contributed by atoms with Gasteiger partial charge < -0.3 is 9.84 Å². The largest absolute Gasteiger partial charge is 0.340 e. The van der Waals surface area contributed by atoms with Crippen LogP contribution in [0.2, 0.25) is 0 Å². The van der Waals surface area contributed by atoms with Gasteiger partial charge in [-0.25, -0.2) is 4.98 Å². The van der Waals surface area contributed by atoms with E-state index in [1.54, 1.807) is 18.3 Å². The quantitative estimate of drug-likeness (QED) is 0.898. The Hall–Kier alpha value is -1.27.